The number of ether oxygens (including phenoxy) is 2. The lowest BCUT2D eigenvalue weighted by Crippen LogP contribution is -2.44. The van der Waals surface area contributed by atoms with Gasteiger partial charge in [0, 0.05) is 5.69 Å². The minimum absolute atomic E-state index is 0.135. The Hall–Kier alpha value is -2.93. The SMILES string of the molecule is Nc1ccc(NC(=O)C(=O)NCC2COc3ccccc3O2)c(Cl)c1. The molecule has 0 spiro atoms. The first-order valence-corrected chi connectivity index (χ1v) is 7.93. The molecule has 2 aromatic carbocycles. The van der Waals surface area contributed by atoms with Gasteiger partial charge in [0.1, 0.15) is 12.7 Å². The van der Waals surface area contributed by atoms with E-state index in [1.165, 1.54) is 12.1 Å². The van der Waals surface area contributed by atoms with E-state index < -0.39 is 11.8 Å². The fourth-order valence-corrected chi connectivity index (χ4v) is 2.50. The second-order valence-electron chi connectivity index (χ2n) is 5.40. The molecule has 1 aliphatic rings. The average molecular weight is 362 g/mol. The number of hydrogen-bond acceptors (Lipinski definition) is 5. The van der Waals surface area contributed by atoms with Crippen LogP contribution in [0.15, 0.2) is 42.5 Å². The quantitative estimate of drug-likeness (QED) is 0.571. The molecule has 4 N–H and O–H groups in total. The Morgan fingerprint density at radius 3 is 2.68 bits per heavy atom. The molecule has 1 atom stereocenters. The molecule has 0 saturated heterocycles. The van der Waals surface area contributed by atoms with Crippen molar-refractivity contribution in [1.29, 1.82) is 0 Å². The fraction of sp³-hybridized carbons (Fsp3) is 0.176. The summed E-state index contributed by atoms with van der Waals surface area (Å²) in [7, 11) is 0. The third kappa shape index (κ3) is 4.13. The highest BCUT2D eigenvalue weighted by Gasteiger charge is 2.23. The van der Waals surface area contributed by atoms with Crippen LogP contribution in [0.5, 0.6) is 11.5 Å². The van der Waals surface area contributed by atoms with E-state index in [9.17, 15) is 9.59 Å². The van der Waals surface area contributed by atoms with Gasteiger partial charge in [0.05, 0.1) is 17.3 Å². The topological polar surface area (TPSA) is 103 Å². The number of nitrogens with two attached hydrogens (primary N) is 1. The van der Waals surface area contributed by atoms with Crippen LogP contribution in [0, 0.1) is 0 Å². The molecule has 1 unspecified atom stereocenters. The van der Waals surface area contributed by atoms with Crippen LogP contribution in [0.25, 0.3) is 0 Å². The van der Waals surface area contributed by atoms with Gasteiger partial charge < -0.3 is 25.8 Å². The van der Waals surface area contributed by atoms with Crippen LogP contribution in [0.1, 0.15) is 0 Å². The zero-order valence-corrected chi connectivity index (χ0v) is 13.9. The number of nitrogen functional groups attached to an aromatic ring is 1. The summed E-state index contributed by atoms with van der Waals surface area (Å²) in [6.07, 6.45) is -0.383. The van der Waals surface area contributed by atoms with Gasteiger partial charge in [-0.15, -0.1) is 0 Å². The number of nitrogens with one attached hydrogen (secondary N) is 2. The zero-order valence-electron chi connectivity index (χ0n) is 13.1. The standard InChI is InChI=1S/C17H16ClN3O4/c18-12-7-10(19)5-6-13(12)21-17(23)16(22)20-8-11-9-24-14-3-1-2-4-15(14)25-11/h1-7,11H,8-9,19H2,(H,20,22)(H,21,23). The van der Waals surface area contributed by atoms with Gasteiger partial charge in [-0.2, -0.15) is 0 Å². The van der Waals surface area contributed by atoms with Gasteiger partial charge in [-0.1, -0.05) is 23.7 Å². The molecular formula is C17H16ClN3O4. The number of carbonyl (C=O) groups is 2. The maximum Gasteiger partial charge on any atom is 0.313 e. The molecule has 2 aromatic rings. The number of hydrogen-bond donors (Lipinski definition) is 3. The van der Waals surface area contributed by atoms with Crippen molar-refractivity contribution in [2.45, 2.75) is 6.10 Å². The molecular weight excluding hydrogens is 346 g/mol. The van der Waals surface area contributed by atoms with Crippen LogP contribution >= 0.6 is 11.6 Å². The normalized spacial score (nSPS) is 15.3. The summed E-state index contributed by atoms with van der Waals surface area (Å²) in [5.41, 5.74) is 6.35. The van der Waals surface area contributed by atoms with Crippen LogP contribution < -0.4 is 25.8 Å². The van der Waals surface area contributed by atoms with E-state index in [2.05, 4.69) is 10.6 Å². The van der Waals surface area contributed by atoms with Crippen molar-refractivity contribution in [2.75, 3.05) is 24.2 Å². The molecule has 0 bridgehead atoms. The molecule has 7 nitrogen and oxygen atoms in total. The van der Waals surface area contributed by atoms with Crippen molar-refractivity contribution >= 4 is 34.8 Å². The minimum Gasteiger partial charge on any atom is -0.486 e. The van der Waals surface area contributed by atoms with E-state index in [0.717, 1.165) is 0 Å². The highest BCUT2D eigenvalue weighted by Crippen LogP contribution is 2.30. The Bertz CT molecular complexity index is 812. The van der Waals surface area contributed by atoms with Gasteiger partial charge in [-0.05, 0) is 30.3 Å². The molecule has 25 heavy (non-hydrogen) atoms. The summed E-state index contributed by atoms with van der Waals surface area (Å²) in [5, 5.41) is 5.19. The molecule has 0 aromatic heterocycles. The molecule has 3 rings (SSSR count). The summed E-state index contributed by atoms with van der Waals surface area (Å²) < 4.78 is 11.3. The molecule has 0 fully saturated rings. The second-order valence-corrected chi connectivity index (χ2v) is 5.81. The Kier molecular flexibility index (Phi) is 4.95. The zero-order chi connectivity index (χ0) is 17.8. The third-order valence-corrected chi connectivity index (χ3v) is 3.82. The largest absolute Gasteiger partial charge is 0.486 e. The summed E-state index contributed by atoms with van der Waals surface area (Å²) in [4.78, 5) is 23.9. The van der Waals surface area contributed by atoms with Gasteiger partial charge in [0.15, 0.2) is 11.5 Å². The van der Waals surface area contributed by atoms with Crippen LogP contribution in [-0.4, -0.2) is 31.1 Å². The van der Waals surface area contributed by atoms with E-state index in [4.69, 9.17) is 26.8 Å². The molecule has 0 aliphatic carbocycles. The maximum absolute atomic E-state index is 11.9. The van der Waals surface area contributed by atoms with Crippen LogP contribution in [0.3, 0.4) is 0 Å². The summed E-state index contributed by atoms with van der Waals surface area (Å²) in [6, 6.07) is 11.8. The average Bonchev–Trinajstić information content (AvgIpc) is 2.61. The summed E-state index contributed by atoms with van der Waals surface area (Å²) in [5.74, 6) is -0.369. The number of carbonyl (C=O) groups excluding carboxylic acids is 2. The van der Waals surface area contributed by atoms with E-state index in [-0.39, 0.29) is 24.3 Å². The van der Waals surface area contributed by atoms with Crippen molar-refractivity contribution in [1.82, 2.24) is 5.32 Å². The minimum atomic E-state index is -0.830. The number of halogens is 1. The van der Waals surface area contributed by atoms with Gasteiger partial charge in [0.2, 0.25) is 0 Å². The van der Waals surface area contributed by atoms with Crippen molar-refractivity contribution < 1.29 is 19.1 Å². The molecule has 0 radical (unpaired) electrons. The number of fused-ring (bicyclic) bond motifs is 1. The van der Waals surface area contributed by atoms with E-state index in [1.807, 2.05) is 12.1 Å². The lowest BCUT2D eigenvalue weighted by molar-refractivity contribution is -0.136. The smallest absolute Gasteiger partial charge is 0.313 e. The number of para-hydroxylation sites is 2. The van der Waals surface area contributed by atoms with Gasteiger partial charge in [0.25, 0.3) is 0 Å². The van der Waals surface area contributed by atoms with E-state index >= 15 is 0 Å². The van der Waals surface area contributed by atoms with Crippen LogP contribution in [0.2, 0.25) is 5.02 Å². The van der Waals surface area contributed by atoms with Gasteiger partial charge in [-0.3, -0.25) is 9.59 Å². The molecule has 2 amide bonds. The first-order valence-electron chi connectivity index (χ1n) is 7.55. The van der Waals surface area contributed by atoms with E-state index in [0.29, 0.717) is 22.9 Å². The maximum atomic E-state index is 11.9. The molecule has 0 saturated carbocycles. The van der Waals surface area contributed by atoms with Crippen molar-refractivity contribution in [3.05, 3.63) is 47.5 Å². The fourth-order valence-electron chi connectivity index (χ4n) is 2.26. The van der Waals surface area contributed by atoms with Gasteiger partial charge >= 0.3 is 11.8 Å². The van der Waals surface area contributed by atoms with Crippen molar-refractivity contribution in [3.63, 3.8) is 0 Å². The predicted molar refractivity (Wildman–Crippen MR) is 93.9 cm³/mol. The lowest BCUT2D eigenvalue weighted by Gasteiger charge is -2.26. The second kappa shape index (κ2) is 7.31. The Morgan fingerprint density at radius 1 is 1.16 bits per heavy atom. The Labute approximate surface area is 149 Å². The highest BCUT2D eigenvalue weighted by atomic mass is 35.5. The molecule has 130 valence electrons. The summed E-state index contributed by atoms with van der Waals surface area (Å²) >= 11 is 5.96. The first-order chi connectivity index (χ1) is 12.0. The number of benzene rings is 2. The Balaban J connectivity index is 1.52. The number of rotatable bonds is 3. The lowest BCUT2D eigenvalue weighted by atomic mass is 10.2. The van der Waals surface area contributed by atoms with Crippen molar-refractivity contribution in [2.24, 2.45) is 0 Å². The Morgan fingerprint density at radius 2 is 1.92 bits per heavy atom. The third-order valence-electron chi connectivity index (χ3n) is 3.51. The molecule has 1 heterocycles. The van der Waals surface area contributed by atoms with Crippen LogP contribution in [-0.2, 0) is 9.59 Å². The number of anilines is 2. The summed E-state index contributed by atoms with van der Waals surface area (Å²) in [6.45, 7) is 0.415. The predicted octanol–water partition coefficient (Wildman–Crippen LogP) is 1.82. The first kappa shape index (κ1) is 16.9. The van der Waals surface area contributed by atoms with Crippen LogP contribution in [0.4, 0.5) is 11.4 Å². The molecule has 8 heteroatoms. The monoisotopic (exact) mass is 361 g/mol. The molecule has 1 aliphatic heterocycles. The highest BCUT2D eigenvalue weighted by molar-refractivity contribution is 6.41. The van der Waals surface area contributed by atoms with Gasteiger partial charge in [-0.25, -0.2) is 0 Å². The van der Waals surface area contributed by atoms with Crippen molar-refractivity contribution in [3.8, 4) is 11.5 Å². The van der Waals surface area contributed by atoms with E-state index in [1.54, 1.807) is 18.2 Å². The number of amides is 2.